The Kier molecular flexibility index (Phi) is 2.86. The Morgan fingerprint density at radius 1 is 1.59 bits per heavy atom. The van der Waals surface area contributed by atoms with Crippen molar-refractivity contribution in [3.8, 4) is 0 Å². The first-order valence-electron chi connectivity index (χ1n) is 4.97. The van der Waals surface area contributed by atoms with Gasteiger partial charge in [0.15, 0.2) is 12.0 Å². The average molecular weight is 236 g/mol. The number of rotatable bonds is 3. The highest BCUT2D eigenvalue weighted by molar-refractivity contribution is 5.96. The molecule has 0 atom stereocenters. The first-order chi connectivity index (χ1) is 8.17. The van der Waals surface area contributed by atoms with Gasteiger partial charge in [0.2, 0.25) is 0 Å². The van der Waals surface area contributed by atoms with Crippen LogP contribution in [-0.2, 0) is 4.74 Å². The SMILES string of the molecule is CCOC(=O)c1nc2ccc(F)cn2c1C=O. The summed E-state index contributed by atoms with van der Waals surface area (Å²) < 4.78 is 19.0. The Hall–Kier alpha value is -2.24. The van der Waals surface area contributed by atoms with Gasteiger partial charge >= 0.3 is 5.97 Å². The quantitative estimate of drug-likeness (QED) is 0.598. The maximum Gasteiger partial charge on any atom is 0.359 e. The van der Waals surface area contributed by atoms with Gasteiger partial charge in [-0.15, -0.1) is 0 Å². The van der Waals surface area contributed by atoms with Crippen molar-refractivity contribution in [2.45, 2.75) is 6.92 Å². The van der Waals surface area contributed by atoms with Crippen LogP contribution in [0.15, 0.2) is 18.3 Å². The van der Waals surface area contributed by atoms with Crippen molar-refractivity contribution in [2.24, 2.45) is 0 Å². The lowest BCUT2D eigenvalue weighted by molar-refractivity contribution is 0.0518. The Morgan fingerprint density at radius 2 is 2.35 bits per heavy atom. The van der Waals surface area contributed by atoms with E-state index in [1.165, 1.54) is 16.5 Å². The fraction of sp³-hybridized carbons (Fsp3) is 0.182. The summed E-state index contributed by atoms with van der Waals surface area (Å²) in [6, 6.07) is 2.58. The van der Waals surface area contributed by atoms with E-state index in [0.717, 1.165) is 6.20 Å². The van der Waals surface area contributed by atoms with Crippen molar-refractivity contribution in [1.82, 2.24) is 9.38 Å². The highest BCUT2D eigenvalue weighted by atomic mass is 19.1. The number of hydrogen-bond donors (Lipinski definition) is 0. The Balaban J connectivity index is 2.64. The fourth-order valence-corrected chi connectivity index (χ4v) is 1.50. The number of fused-ring (bicyclic) bond motifs is 1. The number of halogens is 1. The van der Waals surface area contributed by atoms with E-state index in [9.17, 15) is 14.0 Å². The number of pyridine rings is 1. The van der Waals surface area contributed by atoms with Crippen molar-refractivity contribution in [2.75, 3.05) is 6.61 Å². The molecule has 0 saturated heterocycles. The van der Waals surface area contributed by atoms with Crippen LogP contribution < -0.4 is 0 Å². The van der Waals surface area contributed by atoms with Crippen LogP contribution in [0.1, 0.15) is 27.9 Å². The third kappa shape index (κ3) is 1.89. The Labute approximate surface area is 95.8 Å². The second-order valence-electron chi connectivity index (χ2n) is 3.26. The van der Waals surface area contributed by atoms with E-state index in [2.05, 4.69) is 4.98 Å². The number of carbonyl (C=O) groups excluding carboxylic acids is 2. The lowest BCUT2D eigenvalue weighted by atomic mass is 10.3. The monoisotopic (exact) mass is 236 g/mol. The molecule has 2 aromatic heterocycles. The van der Waals surface area contributed by atoms with Gasteiger partial charge in [-0.05, 0) is 19.1 Å². The van der Waals surface area contributed by atoms with Gasteiger partial charge in [-0.1, -0.05) is 0 Å². The van der Waals surface area contributed by atoms with Crippen molar-refractivity contribution >= 4 is 17.9 Å². The van der Waals surface area contributed by atoms with Gasteiger partial charge in [-0.3, -0.25) is 9.20 Å². The van der Waals surface area contributed by atoms with Gasteiger partial charge in [0.05, 0.1) is 6.61 Å². The molecule has 0 bridgehead atoms. The highest BCUT2D eigenvalue weighted by Crippen LogP contribution is 2.13. The molecule has 0 aliphatic carbocycles. The van der Waals surface area contributed by atoms with Crippen LogP contribution in [0.5, 0.6) is 0 Å². The molecule has 5 nitrogen and oxygen atoms in total. The molecule has 0 N–H and O–H groups in total. The zero-order valence-electron chi connectivity index (χ0n) is 9.01. The molecule has 2 heterocycles. The number of hydrogen-bond acceptors (Lipinski definition) is 4. The molecular weight excluding hydrogens is 227 g/mol. The summed E-state index contributed by atoms with van der Waals surface area (Å²) in [6.07, 6.45) is 1.54. The number of aromatic nitrogens is 2. The molecule has 0 saturated carbocycles. The summed E-state index contributed by atoms with van der Waals surface area (Å²) in [5.41, 5.74) is 0.196. The summed E-state index contributed by atoms with van der Waals surface area (Å²) in [4.78, 5) is 26.4. The minimum Gasteiger partial charge on any atom is -0.461 e. The molecule has 0 aromatic carbocycles. The molecular formula is C11H9FN2O3. The molecule has 0 unspecified atom stereocenters. The molecule has 0 aliphatic heterocycles. The summed E-state index contributed by atoms with van der Waals surface area (Å²) in [7, 11) is 0. The topological polar surface area (TPSA) is 60.7 Å². The normalized spacial score (nSPS) is 10.5. The maximum absolute atomic E-state index is 13.0. The number of ether oxygens (including phenoxy) is 1. The molecule has 2 aromatic rings. The van der Waals surface area contributed by atoms with Crippen LogP contribution in [0.2, 0.25) is 0 Å². The molecule has 2 rings (SSSR count). The largest absolute Gasteiger partial charge is 0.461 e. The number of esters is 1. The zero-order chi connectivity index (χ0) is 12.4. The first kappa shape index (κ1) is 11.3. The summed E-state index contributed by atoms with van der Waals surface area (Å²) >= 11 is 0. The van der Waals surface area contributed by atoms with E-state index in [4.69, 9.17) is 4.74 Å². The second kappa shape index (κ2) is 4.32. The standard InChI is InChI=1S/C11H9FN2O3/c1-2-17-11(16)10-8(6-15)14-5-7(12)3-4-9(14)13-10/h3-6H,2H2,1H3. The molecule has 0 aliphatic rings. The van der Waals surface area contributed by atoms with Gasteiger partial charge in [0.25, 0.3) is 0 Å². The molecule has 0 amide bonds. The summed E-state index contributed by atoms with van der Waals surface area (Å²) in [5, 5.41) is 0. The maximum atomic E-state index is 13.0. The minimum absolute atomic E-state index is 0.0158. The van der Waals surface area contributed by atoms with Gasteiger partial charge in [0, 0.05) is 6.20 Å². The van der Waals surface area contributed by atoms with E-state index in [1.54, 1.807) is 6.92 Å². The summed E-state index contributed by atoms with van der Waals surface area (Å²) in [6.45, 7) is 1.83. The number of carbonyl (C=O) groups is 2. The number of aldehydes is 1. The van der Waals surface area contributed by atoms with E-state index < -0.39 is 11.8 Å². The van der Waals surface area contributed by atoms with Gasteiger partial charge in [0.1, 0.15) is 17.2 Å². The van der Waals surface area contributed by atoms with Crippen LogP contribution in [0.4, 0.5) is 4.39 Å². The van der Waals surface area contributed by atoms with Gasteiger partial charge < -0.3 is 4.74 Å². The molecule has 17 heavy (non-hydrogen) atoms. The van der Waals surface area contributed by atoms with Gasteiger partial charge in [-0.25, -0.2) is 14.2 Å². The molecule has 0 spiro atoms. The fourth-order valence-electron chi connectivity index (χ4n) is 1.50. The summed E-state index contributed by atoms with van der Waals surface area (Å²) in [5.74, 6) is -1.22. The van der Waals surface area contributed by atoms with Crippen molar-refractivity contribution < 1.29 is 18.7 Å². The third-order valence-electron chi connectivity index (χ3n) is 2.20. The molecule has 6 heteroatoms. The van der Waals surface area contributed by atoms with E-state index in [0.29, 0.717) is 11.9 Å². The molecule has 0 radical (unpaired) electrons. The zero-order valence-corrected chi connectivity index (χ0v) is 9.01. The van der Waals surface area contributed by atoms with Crippen molar-refractivity contribution in [3.05, 3.63) is 35.5 Å². The van der Waals surface area contributed by atoms with Crippen LogP contribution in [0.3, 0.4) is 0 Å². The van der Waals surface area contributed by atoms with Crippen molar-refractivity contribution in [1.29, 1.82) is 0 Å². The predicted molar refractivity (Wildman–Crippen MR) is 56.5 cm³/mol. The third-order valence-corrected chi connectivity index (χ3v) is 2.20. The van der Waals surface area contributed by atoms with Crippen molar-refractivity contribution in [3.63, 3.8) is 0 Å². The van der Waals surface area contributed by atoms with Crippen LogP contribution >= 0.6 is 0 Å². The molecule has 88 valence electrons. The average Bonchev–Trinajstić information content (AvgIpc) is 2.67. The van der Waals surface area contributed by atoms with E-state index in [1.807, 2.05) is 0 Å². The molecule has 0 fully saturated rings. The van der Waals surface area contributed by atoms with Crippen LogP contribution in [0, 0.1) is 5.82 Å². The van der Waals surface area contributed by atoms with Crippen LogP contribution in [-0.4, -0.2) is 28.2 Å². The van der Waals surface area contributed by atoms with Crippen LogP contribution in [0.25, 0.3) is 5.65 Å². The van der Waals surface area contributed by atoms with E-state index in [-0.39, 0.29) is 18.0 Å². The predicted octanol–water partition coefficient (Wildman–Crippen LogP) is 1.46. The smallest absolute Gasteiger partial charge is 0.359 e. The van der Waals surface area contributed by atoms with E-state index >= 15 is 0 Å². The lowest BCUT2D eigenvalue weighted by Crippen LogP contribution is -2.08. The second-order valence-corrected chi connectivity index (χ2v) is 3.26. The lowest BCUT2D eigenvalue weighted by Gasteiger charge is -1.98. The number of imidazole rings is 1. The Bertz CT molecular complexity index is 592. The highest BCUT2D eigenvalue weighted by Gasteiger charge is 2.19. The van der Waals surface area contributed by atoms with Gasteiger partial charge in [-0.2, -0.15) is 0 Å². The number of nitrogens with zero attached hydrogens (tertiary/aromatic N) is 2. The first-order valence-corrected chi connectivity index (χ1v) is 4.97. The minimum atomic E-state index is -0.696. The Morgan fingerprint density at radius 3 is 3.00 bits per heavy atom.